The molecule has 19 heavy (non-hydrogen) atoms. The summed E-state index contributed by atoms with van der Waals surface area (Å²) in [5.41, 5.74) is 1.27. The summed E-state index contributed by atoms with van der Waals surface area (Å²) in [5.74, 6) is 0.940. The van der Waals surface area contributed by atoms with Crippen LogP contribution in [0.5, 0.6) is 0 Å². The second-order valence-electron chi connectivity index (χ2n) is 4.66. The van der Waals surface area contributed by atoms with Crippen LogP contribution >= 0.6 is 0 Å². The predicted molar refractivity (Wildman–Crippen MR) is 71.0 cm³/mol. The zero-order chi connectivity index (χ0) is 13.2. The smallest absolute Gasteiger partial charge is 0.186 e. The van der Waals surface area contributed by atoms with Gasteiger partial charge in [0.1, 0.15) is 5.82 Å². The largest absolute Gasteiger partial charge is 0.364 e. The van der Waals surface area contributed by atoms with E-state index >= 15 is 0 Å². The molecule has 102 valence electrons. The van der Waals surface area contributed by atoms with Gasteiger partial charge in [-0.2, -0.15) is 5.10 Å². The molecule has 0 spiro atoms. The second kappa shape index (κ2) is 5.14. The van der Waals surface area contributed by atoms with Crippen molar-refractivity contribution in [2.45, 2.75) is 26.1 Å². The lowest BCUT2D eigenvalue weighted by molar-refractivity contribution is -0.0971. The van der Waals surface area contributed by atoms with Crippen LogP contribution in [0.1, 0.15) is 31.6 Å². The van der Waals surface area contributed by atoms with E-state index in [0.29, 0.717) is 17.8 Å². The zero-order valence-electron chi connectivity index (χ0n) is 11.0. The Kier molecular flexibility index (Phi) is 3.35. The maximum atomic E-state index is 9.93. The molecular formula is C13H18N4O2. The zero-order valence-corrected chi connectivity index (χ0v) is 11.0. The third-order valence-electron chi connectivity index (χ3n) is 3.40. The van der Waals surface area contributed by atoms with E-state index in [1.165, 1.54) is 12.8 Å². The highest BCUT2D eigenvalue weighted by Gasteiger charge is 2.18. The Morgan fingerprint density at radius 2 is 2.21 bits per heavy atom. The number of ether oxygens (including phenoxy) is 1. The van der Waals surface area contributed by atoms with Gasteiger partial charge in [-0.1, -0.05) is 0 Å². The van der Waals surface area contributed by atoms with E-state index in [1.807, 2.05) is 19.2 Å². The molecule has 0 aliphatic carbocycles. The molecule has 0 amide bonds. The van der Waals surface area contributed by atoms with Crippen molar-refractivity contribution in [2.24, 2.45) is 0 Å². The van der Waals surface area contributed by atoms with Crippen LogP contribution in [-0.4, -0.2) is 39.4 Å². The minimum Gasteiger partial charge on any atom is -0.364 e. The lowest BCUT2D eigenvalue weighted by Crippen LogP contribution is -2.19. The summed E-state index contributed by atoms with van der Waals surface area (Å²) in [7, 11) is 0. The third kappa shape index (κ3) is 2.29. The van der Waals surface area contributed by atoms with E-state index in [-0.39, 0.29) is 0 Å². The number of nitrogens with zero attached hydrogens (tertiary/aromatic N) is 4. The summed E-state index contributed by atoms with van der Waals surface area (Å²) < 4.78 is 6.87. The van der Waals surface area contributed by atoms with Crippen molar-refractivity contribution < 1.29 is 9.84 Å². The summed E-state index contributed by atoms with van der Waals surface area (Å²) in [6.07, 6.45) is 4.93. The van der Waals surface area contributed by atoms with Gasteiger partial charge in [0.2, 0.25) is 0 Å². The SMILES string of the molecule is CCOC(O)c1cnn2ccc(N3CCCC3)nc12. The van der Waals surface area contributed by atoms with Crippen LogP contribution in [0, 0.1) is 0 Å². The van der Waals surface area contributed by atoms with E-state index in [1.54, 1.807) is 10.7 Å². The number of hydrogen-bond donors (Lipinski definition) is 1. The topological polar surface area (TPSA) is 62.9 Å². The Morgan fingerprint density at radius 1 is 1.42 bits per heavy atom. The summed E-state index contributed by atoms with van der Waals surface area (Å²) in [4.78, 5) is 6.86. The first-order valence-corrected chi connectivity index (χ1v) is 6.68. The first-order valence-electron chi connectivity index (χ1n) is 6.68. The molecule has 3 heterocycles. The number of rotatable bonds is 4. The van der Waals surface area contributed by atoms with Crippen molar-refractivity contribution in [3.8, 4) is 0 Å². The van der Waals surface area contributed by atoms with Crippen molar-refractivity contribution in [1.29, 1.82) is 0 Å². The predicted octanol–water partition coefficient (Wildman–Crippen LogP) is 1.36. The molecule has 0 bridgehead atoms. The molecule has 3 rings (SSSR count). The molecule has 6 heteroatoms. The first kappa shape index (κ1) is 12.4. The Bertz CT molecular complexity index is 563. The van der Waals surface area contributed by atoms with Crippen molar-refractivity contribution in [3.63, 3.8) is 0 Å². The molecule has 0 radical (unpaired) electrons. The number of aliphatic hydroxyl groups is 1. The van der Waals surface area contributed by atoms with Crippen molar-refractivity contribution >= 4 is 11.5 Å². The minimum atomic E-state index is -0.969. The van der Waals surface area contributed by atoms with Crippen LogP contribution < -0.4 is 4.90 Å². The number of fused-ring (bicyclic) bond motifs is 1. The highest BCUT2D eigenvalue weighted by Crippen LogP contribution is 2.23. The van der Waals surface area contributed by atoms with Gasteiger partial charge in [-0.15, -0.1) is 0 Å². The summed E-state index contributed by atoms with van der Waals surface area (Å²) in [6, 6.07) is 1.96. The lowest BCUT2D eigenvalue weighted by Gasteiger charge is -2.16. The van der Waals surface area contributed by atoms with E-state index in [0.717, 1.165) is 18.9 Å². The molecule has 1 aliphatic rings. The van der Waals surface area contributed by atoms with Crippen LogP contribution in [-0.2, 0) is 4.74 Å². The van der Waals surface area contributed by atoms with E-state index in [9.17, 15) is 5.11 Å². The average molecular weight is 262 g/mol. The maximum absolute atomic E-state index is 9.93. The van der Waals surface area contributed by atoms with Gasteiger partial charge in [0.15, 0.2) is 11.9 Å². The highest BCUT2D eigenvalue weighted by atomic mass is 16.6. The molecule has 1 unspecified atom stereocenters. The van der Waals surface area contributed by atoms with E-state index in [4.69, 9.17) is 4.74 Å². The van der Waals surface area contributed by atoms with Crippen molar-refractivity contribution in [2.75, 3.05) is 24.6 Å². The van der Waals surface area contributed by atoms with Gasteiger partial charge in [0, 0.05) is 25.9 Å². The fourth-order valence-electron chi connectivity index (χ4n) is 2.42. The number of anilines is 1. The van der Waals surface area contributed by atoms with Crippen LogP contribution in [0.4, 0.5) is 5.82 Å². The molecule has 0 saturated carbocycles. The lowest BCUT2D eigenvalue weighted by atomic mass is 10.3. The monoisotopic (exact) mass is 262 g/mol. The van der Waals surface area contributed by atoms with Crippen molar-refractivity contribution in [1.82, 2.24) is 14.6 Å². The fraction of sp³-hybridized carbons (Fsp3) is 0.538. The summed E-state index contributed by atoms with van der Waals surface area (Å²) >= 11 is 0. The van der Waals surface area contributed by atoms with Gasteiger partial charge in [0.25, 0.3) is 0 Å². The molecule has 1 fully saturated rings. The Balaban J connectivity index is 1.97. The van der Waals surface area contributed by atoms with E-state index < -0.39 is 6.29 Å². The highest BCUT2D eigenvalue weighted by molar-refractivity contribution is 5.53. The third-order valence-corrected chi connectivity index (χ3v) is 3.40. The minimum absolute atomic E-state index is 0.449. The summed E-state index contributed by atoms with van der Waals surface area (Å²) in [5, 5.41) is 14.1. The second-order valence-corrected chi connectivity index (χ2v) is 4.66. The number of aliphatic hydroxyl groups excluding tert-OH is 1. The molecule has 1 saturated heterocycles. The fourth-order valence-corrected chi connectivity index (χ4v) is 2.42. The molecule has 1 atom stereocenters. The van der Waals surface area contributed by atoms with Gasteiger partial charge in [-0.3, -0.25) is 0 Å². The van der Waals surface area contributed by atoms with Gasteiger partial charge in [0.05, 0.1) is 11.8 Å². The number of aromatic nitrogens is 3. The molecular weight excluding hydrogens is 244 g/mol. The number of hydrogen-bond acceptors (Lipinski definition) is 5. The molecule has 1 aliphatic heterocycles. The van der Waals surface area contributed by atoms with Gasteiger partial charge in [-0.05, 0) is 25.8 Å². The Hall–Kier alpha value is -1.66. The van der Waals surface area contributed by atoms with Gasteiger partial charge < -0.3 is 14.7 Å². The summed E-state index contributed by atoms with van der Waals surface area (Å²) in [6.45, 7) is 4.38. The molecule has 2 aromatic rings. The molecule has 2 aromatic heterocycles. The van der Waals surface area contributed by atoms with Crippen LogP contribution in [0.3, 0.4) is 0 Å². The average Bonchev–Trinajstić information content (AvgIpc) is 3.07. The van der Waals surface area contributed by atoms with Crippen molar-refractivity contribution in [3.05, 3.63) is 24.0 Å². The van der Waals surface area contributed by atoms with E-state index in [2.05, 4.69) is 15.0 Å². The molecule has 1 N–H and O–H groups in total. The van der Waals surface area contributed by atoms with Crippen LogP contribution in [0.2, 0.25) is 0 Å². The normalized spacial score (nSPS) is 17.3. The quantitative estimate of drug-likeness (QED) is 0.843. The molecule has 6 nitrogen and oxygen atoms in total. The van der Waals surface area contributed by atoms with Crippen LogP contribution in [0.25, 0.3) is 5.65 Å². The first-order chi connectivity index (χ1) is 9.29. The van der Waals surface area contributed by atoms with Gasteiger partial charge in [-0.25, -0.2) is 9.50 Å². The Labute approximate surface area is 111 Å². The standard InChI is InChI=1S/C13H18N4O2/c1-2-19-13(18)10-9-14-17-8-5-11(15-12(10)17)16-6-3-4-7-16/h5,8-9,13,18H,2-4,6-7H2,1H3. The van der Waals surface area contributed by atoms with Crippen LogP contribution in [0.15, 0.2) is 18.5 Å². The van der Waals surface area contributed by atoms with Gasteiger partial charge >= 0.3 is 0 Å². The molecule has 0 aromatic carbocycles. The Morgan fingerprint density at radius 3 is 2.95 bits per heavy atom. The maximum Gasteiger partial charge on any atom is 0.186 e.